The molecule has 0 aromatic heterocycles. The summed E-state index contributed by atoms with van der Waals surface area (Å²) in [5, 5.41) is 52.0. The van der Waals surface area contributed by atoms with Crippen LogP contribution in [0.1, 0.15) is 6.42 Å². The van der Waals surface area contributed by atoms with Gasteiger partial charge >= 0.3 is 0 Å². The van der Waals surface area contributed by atoms with Crippen molar-refractivity contribution in [3.63, 3.8) is 0 Å². The maximum atomic E-state index is 10.1. The minimum absolute atomic E-state index is 0.233. The van der Waals surface area contributed by atoms with Gasteiger partial charge in [0.1, 0.15) is 24.4 Å². The fourth-order valence-corrected chi connectivity index (χ4v) is 3.16. The molecule has 21 heavy (non-hydrogen) atoms. The van der Waals surface area contributed by atoms with Gasteiger partial charge < -0.3 is 40.3 Å². The summed E-state index contributed by atoms with van der Waals surface area (Å²) in [4.78, 5) is 0. The lowest BCUT2D eigenvalue weighted by Gasteiger charge is -2.40. The molecule has 3 aliphatic rings. The van der Waals surface area contributed by atoms with Crippen LogP contribution in [0.3, 0.4) is 0 Å². The smallest absolute Gasteiger partial charge is 0.160 e. The first-order valence-corrected chi connectivity index (χ1v) is 7.08. The van der Waals surface area contributed by atoms with Crippen molar-refractivity contribution in [1.82, 2.24) is 5.32 Å². The summed E-state index contributed by atoms with van der Waals surface area (Å²) in [5.74, 6) is 0. The molecule has 0 amide bonds. The number of aliphatic hydroxyl groups is 5. The van der Waals surface area contributed by atoms with Crippen LogP contribution in [0.25, 0.3) is 0 Å². The molecule has 8 heteroatoms. The molecule has 8 nitrogen and oxygen atoms in total. The first-order valence-electron chi connectivity index (χ1n) is 7.08. The lowest BCUT2D eigenvalue weighted by atomic mass is 9.87. The highest BCUT2D eigenvalue weighted by Gasteiger charge is 2.46. The van der Waals surface area contributed by atoms with E-state index in [1.54, 1.807) is 0 Å². The number of fused-ring (bicyclic) bond motifs is 2. The summed E-state index contributed by atoms with van der Waals surface area (Å²) in [6.07, 6.45) is -3.55. The van der Waals surface area contributed by atoms with E-state index in [0.717, 1.165) is 0 Å². The van der Waals surface area contributed by atoms with Crippen LogP contribution in [0.15, 0.2) is 11.6 Å². The van der Waals surface area contributed by atoms with Crippen molar-refractivity contribution < 1.29 is 35.0 Å². The Balaban J connectivity index is 1.75. The minimum Gasteiger partial charge on any atom is -0.392 e. The molecule has 0 saturated carbocycles. The third-order valence-electron chi connectivity index (χ3n) is 4.40. The molecule has 0 radical (unpaired) electrons. The minimum atomic E-state index is -1.40. The summed E-state index contributed by atoms with van der Waals surface area (Å²) in [5.41, 5.74) is 0.233. The van der Waals surface area contributed by atoms with Crippen molar-refractivity contribution in [1.29, 1.82) is 0 Å². The monoisotopic (exact) mass is 303 g/mol. The Morgan fingerprint density at radius 1 is 1.19 bits per heavy atom. The average molecular weight is 303 g/mol. The van der Waals surface area contributed by atoms with Crippen LogP contribution in [0.5, 0.6) is 0 Å². The fourth-order valence-electron chi connectivity index (χ4n) is 3.16. The van der Waals surface area contributed by atoms with Gasteiger partial charge in [0, 0.05) is 6.42 Å². The second-order valence-electron chi connectivity index (χ2n) is 5.78. The molecule has 0 spiro atoms. The van der Waals surface area contributed by atoms with Gasteiger partial charge in [0.05, 0.1) is 31.4 Å². The molecule has 1 aliphatic carbocycles. The van der Waals surface area contributed by atoms with Crippen LogP contribution in [0.4, 0.5) is 0 Å². The lowest BCUT2D eigenvalue weighted by molar-refractivity contribution is -0.134. The SMILES string of the molecule is OCC1=C[C@H](N[C@@H]2[C@H](O)C[C@@H]3OC[C@H]2O3)[C@H](O)[C@@H](O)[C@@H]1O. The van der Waals surface area contributed by atoms with Crippen LogP contribution in [0.2, 0.25) is 0 Å². The Labute approximate surface area is 121 Å². The van der Waals surface area contributed by atoms with Gasteiger partial charge in [-0.2, -0.15) is 0 Å². The van der Waals surface area contributed by atoms with Crippen molar-refractivity contribution in [2.75, 3.05) is 13.2 Å². The molecular formula is C13H21NO7. The highest BCUT2D eigenvalue weighted by Crippen LogP contribution is 2.29. The van der Waals surface area contributed by atoms with E-state index < -0.39 is 49.4 Å². The van der Waals surface area contributed by atoms with E-state index in [0.29, 0.717) is 13.0 Å². The van der Waals surface area contributed by atoms with Crippen molar-refractivity contribution in [2.45, 2.75) is 55.3 Å². The van der Waals surface area contributed by atoms with Gasteiger partial charge in [0.25, 0.3) is 0 Å². The van der Waals surface area contributed by atoms with Gasteiger partial charge in [-0.1, -0.05) is 6.08 Å². The van der Waals surface area contributed by atoms with E-state index in [2.05, 4.69) is 5.32 Å². The van der Waals surface area contributed by atoms with Gasteiger partial charge in [-0.25, -0.2) is 0 Å². The van der Waals surface area contributed by atoms with Crippen LogP contribution in [0, 0.1) is 0 Å². The normalized spacial score (nSPS) is 50.0. The van der Waals surface area contributed by atoms with Gasteiger partial charge in [0.2, 0.25) is 0 Å². The highest BCUT2D eigenvalue weighted by atomic mass is 16.7. The summed E-state index contributed by atoms with van der Waals surface area (Å²) < 4.78 is 10.9. The molecule has 6 N–H and O–H groups in total. The maximum Gasteiger partial charge on any atom is 0.160 e. The summed E-state index contributed by atoms with van der Waals surface area (Å²) in [6, 6.07) is -1.16. The molecule has 2 bridgehead atoms. The molecular weight excluding hydrogens is 282 g/mol. The topological polar surface area (TPSA) is 132 Å². The average Bonchev–Trinajstić information content (AvgIpc) is 2.86. The number of ether oxygens (including phenoxy) is 2. The molecule has 2 fully saturated rings. The quantitative estimate of drug-likeness (QED) is 0.301. The standard InChI is InChI=1S/C13H21NO7/c15-3-5-1-6(12(18)13(19)11(5)17)14-10-7(16)2-9-20-4-8(10)21-9/h1,6-19H,2-4H2/t6-,7+,8+,9+,10+,11+,12-,13-/m0/s1. The van der Waals surface area contributed by atoms with E-state index in [1.165, 1.54) is 6.08 Å². The molecule has 2 heterocycles. The van der Waals surface area contributed by atoms with Crippen LogP contribution < -0.4 is 5.32 Å². The molecule has 2 saturated heterocycles. The first-order chi connectivity index (χ1) is 10.0. The maximum absolute atomic E-state index is 10.1. The number of aliphatic hydroxyl groups excluding tert-OH is 5. The van der Waals surface area contributed by atoms with Crippen LogP contribution in [-0.4, -0.2) is 87.6 Å². The zero-order chi connectivity index (χ0) is 15.1. The summed E-state index contributed by atoms with van der Waals surface area (Å²) in [6.45, 7) is -0.0641. The van der Waals surface area contributed by atoms with Crippen molar-refractivity contribution in [3.8, 4) is 0 Å². The van der Waals surface area contributed by atoms with Gasteiger partial charge in [-0.3, -0.25) is 0 Å². The molecule has 0 unspecified atom stereocenters. The Hall–Kier alpha value is -0.580. The molecule has 0 aromatic carbocycles. The van der Waals surface area contributed by atoms with Gasteiger partial charge in [0.15, 0.2) is 6.29 Å². The predicted molar refractivity (Wildman–Crippen MR) is 69.1 cm³/mol. The van der Waals surface area contributed by atoms with E-state index in [9.17, 15) is 25.5 Å². The van der Waals surface area contributed by atoms with Crippen molar-refractivity contribution in [3.05, 3.63) is 11.6 Å². The van der Waals surface area contributed by atoms with Crippen LogP contribution in [-0.2, 0) is 9.47 Å². The lowest BCUT2D eigenvalue weighted by Crippen LogP contribution is -2.61. The predicted octanol–water partition coefficient (Wildman–Crippen LogP) is -3.17. The Kier molecular flexibility index (Phi) is 4.30. The third-order valence-corrected chi connectivity index (χ3v) is 4.40. The number of rotatable bonds is 3. The Morgan fingerprint density at radius 2 is 1.95 bits per heavy atom. The first kappa shape index (κ1) is 15.3. The number of hydrogen-bond acceptors (Lipinski definition) is 8. The number of nitrogens with one attached hydrogen (secondary N) is 1. The molecule has 3 rings (SSSR count). The van der Waals surface area contributed by atoms with Gasteiger partial charge in [-0.15, -0.1) is 0 Å². The van der Waals surface area contributed by atoms with Crippen LogP contribution >= 0.6 is 0 Å². The second kappa shape index (κ2) is 5.90. The number of hydrogen-bond donors (Lipinski definition) is 6. The summed E-state index contributed by atoms with van der Waals surface area (Å²) >= 11 is 0. The van der Waals surface area contributed by atoms with E-state index in [1.807, 2.05) is 0 Å². The zero-order valence-corrected chi connectivity index (χ0v) is 11.4. The molecule has 120 valence electrons. The molecule has 0 aromatic rings. The van der Waals surface area contributed by atoms with E-state index >= 15 is 0 Å². The molecule has 8 atom stereocenters. The Bertz CT molecular complexity index is 417. The van der Waals surface area contributed by atoms with E-state index in [4.69, 9.17) is 9.47 Å². The van der Waals surface area contributed by atoms with Crippen molar-refractivity contribution in [2.24, 2.45) is 0 Å². The second-order valence-corrected chi connectivity index (χ2v) is 5.78. The van der Waals surface area contributed by atoms with E-state index in [-0.39, 0.29) is 11.7 Å². The molecule has 2 aliphatic heterocycles. The largest absolute Gasteiger partial charge is 0.392 e. The zero-order valence-electron chi connectivity index (χ0n) is 11.4. The van der Waals surface area contributed by atoms with Gasteiger partial charge in [-0.05, 0) is 5.57 Å². The fraction of sp³-hybridized carbons (Fsp3) is 0.846. The summed E-state index contributed by atoms with van der Waals surface area (Å²) in [7, 11) is 0. The van der Waals surface area contributed by atoms with Crippen molar-refractivity contribution >= 4 is 0 Å². The Morgan fingerprint density at radius 3 is 2.67 bits per heavy atom. The highest BCUT2D eigenvalue weighted by molar-refractivity contribution is 5.22. The third kappa shape index (κ3) is 2.73.